The predicted molar refractivity (Wildman–Crippen MR) is 103 cm³/mol. The molecule has 0 aliphatic carbocycles. The average Bonchev–Trinajstić information content (AvgIpc) is 2.90. The first-order valence-electron chi connectivity index (χ1n) is 8.31. The molecule has 1 aromatic carbocycles. The average molecular weight is 379 g/mol. The Morgan fingerprint density at radius 1 is 1.52 bits per heavy atom. The first kappa shape index (κ1) is 19.6. The van der Waals surface area contributed by atoms with E-state index in [0.29, 0.717) is 5.02 Å². The lowest BCUT2D eigenvalue weighted by Crippen LogP contribution is -2.49. The van der Waals surface area contributed by atoms with Crippen LogP contribution in [0.3, 0.4) is 0 Å². The minimum absolute atomic E-state index is 0.0262. The van der Waals surface area contributed by atoms with Crippen LogP contribution in [0.4, 0.5) is 0 Å². The molecule has 5 nitrogen and oxygen atoms in total. The lowest BCUT2D eigenvalue weighted by Gasteiger charge is -2.27. The Labute approximate surface area is 157 Å². The number of hydrogen-bond donors (Lipinski definition) is 1. The van der Waals surface area contributed by atoms with Crippen molar-refractivity contribution in [2.24, 2.45) is 5.92 Å². The van der Waals surface area contributed by atoms with Crippen molar-refractivity contribution in [3.63, 3.8) is 0 Å². The molecule has 0 spiro atoms. The lowest BCUT2D eigenvalue weighted by molar-refractivity contribution is -0.120. The molecule has 0 radical (unpaired) electrons. The minimum Gasteiger partial charge on any atom is -0.337 e. The summed E-state index contributed by atoms with van der Waals surface area (Å²) < 4.78 is 2.11. The summed E-state index contributed by atoms with van der Waals surface area (Å²) in [5.74, 6) is 0.0687. The third-order valence-corrected chi connectivity index (χ3v) is 5.45. The van der Waals surface area contributed by atoms with Gasteiger partial charge in [-0.3, -0.25) is 4.79 Å². The fourth-order valence-electron chi connectivity index (χ4n) is 2.39. The van der Waals surface area contributed by atoms with E-state index in [4.69, 9.17) is 11.6 Å². The third kappa shape index (κ3) is 4.47. The zero-order valence-corrected chi connectivity index (χ0v) is 16.5. The van der Waals surface area contributed by atoms with Crippen LogP contribution in [0.15, 0.2) is 23.4 Å². The standard InChI is InChI=1S/C18H23ClN4OS/c1-5-8-23-15-7-6-13(19)9-14(15)21-17(23)25-10-16(24)22-18(4,11-20)12(2)3/h6-7,9,12H,5,8,10H2,1-4H3,(H,22,24). The number of nitrogens with one attached hydrogen (secondary N) is 1. The number of amides is 1. The maximum atomic E-state index is 12.3. The van der Waals surface area contributed by atoms with Crippen molar-refractivity contribution in [3.05, 3.63) is 23.2 Å². The highest BCUT2D eigenvalue weighted by molar-refractivity contribution is 7.99. The second kappa shape index (κ2) is 8.11. The molecule has 0 fully saturated rings. The van der Waals surface area contributed by atoms with Gasteiger partial charge in [-0.1, -0.05) is 44.1 Å². The van der Waals surface area contributed by atoms with Gasteiger partial charge >= 0.3 is 0 Å². The van der Waals surface area contributed by atoms with Gasteiger partial charge in [-0.15, -0.1) is 0 Å². The largest absolute Gasteiger partial charge is 0.337 e. The Morgan fingerprint density at radius 2 is 2.24 bits per heavy atom. The minimum atomic E-state index is -0.866. The van der Waals surface area contributed by atoms with Gasteiger partial charge in [0.25, 0.3) is 0 Å². The zero-order chi connectivity index (χ0) is 18.6. The molecule has 1 aromatic heterocycles. The predicted octanol–water partition coefficient (Wildman–Crippen LogP) is 4.25. The fraction of sp³-hybridized carbons (Fsp3) is 0.500. The van der Waals surface area contributed by atoms with Crippen LogP contribution in [0.1, 0.15) is 34.1 Å². The quantitative estimate of drug-likeness (QED) is 0.731. The molecule has 2 aromatic rings. The molecule has 1 unspecified atom stereocenters. The van der Waals surface area contributed by atoms with Gasteiger partial charge in [0, 0.05) is 11.6 Å². The molecule has 0 aliphatic heterocycles. The van der Waals surface area contributed by atoms with Gasteiger partial charge in [0.15, 0.2) is 5.16 Å². The van der Waals surface area contributed by atoms with Crippen molar-refractivity contribution >= 4 is 40.3 Å². The molecule has 0 bridgehead atoms. The molecule has 25 heavy (non-hydrogen) atoms. The first-order valence-corrected chi connectivity index (χ1v) is 9.68. The first-order chi connectivity index (χ1) is 11.8. The van der Waals surface area contributed by atoms with Crippen molar-refractivity contribution in [2.45, 2.75) is 51.4 Å². The molecule has 1 amide bonds. The van der Waals surface area contributed by atoms with Crippen molar-refractivity contribution in [3.8, 4) is 6.07 Å². The number of thioether (sulfide) groups is 1. The molecule has 1 N–H and O–H groups in total. The van der Waals surface area contributed by atoms with Gasteiger partial charge in [0.2, 0.25) is 5.91 Å². The fourth-order valence-corrected chi connectivity index (χ4v) is 3.39. The van der Waals surface area contributed by atoms with Gasteiger partial charge in [-0.2, -0.15) is 5.26 Å². The molecule has 7 heteroatoms. The molecular formula is C18H23ClN4OS. The second-order valence-corrected chi connectivity index (χ2v) is 7.86. The van der Waals surface area contributed by atoms with Crippen molar-refractivity contribution < 1.29 is 4.79 Å². The number of benzene rings is 1. The highest BCUT2D eigenvalue weighted by atomic mass is 35.5. The normalized spacial score (nSPS) is 13.6. The number of nitriles is 1. The van der Waals surface area contributed by atoms with Crippen LogP contribution in [0, 0.1) is 17.2 Å². The van der Waals surface area contributed by atoms with Gasteiger partial charge in [-0.05, 0) is 37.5 Å². The van der Waals surface area contributed by atoms with Crippen LogP contribution >= 0.6 is 23.4 Å². The number of rotatable bonds is 7. The van der Waals surface area contributed by atoms with E-state index in [1.165, 1.54) is 11.8 Å². The number of halogens is 1. The number of nitrogens with zero attached hydrogens (tertiary/aromatic N) is 3. The molecule has 0 saturated carbocycles. The van der Waals surface area contributed by atoms with E-state index in [2.05, 4.69) is 27.9 Å². The number of carbonyl (C=O) groups is 1. The number of imidazole rings is 1. The van der Waals surface area contributed by atoms with Crippen LogP contribution in [0.25, 0.3) is 11.0 Å². The van der Waals surface area contributed by atoms with E-state index in [9.17, 15) is 10.1 Å². The molecule has 1 heterocycles. The number of carbonyl (C=O) groups excluding carboxylic acids is 1. The second-order valence-electron chi connectivity index (χ2n) is 6.48. The van der Waals surface area contributed by atoms with Crippen LogP contribution in [-0.2, 0) is 11.3 Å². The van der Waals surface area contributed by atoms with Crippen molar-refractivity contribution in [1.29, 1.82) is 5.26 Å². The Balaban J connectivity index is 2.16. The van der Waals surface area contributed by atoms with Crippen LogP contribution in [0.5, 0.6) is 0 Å². The summed E-state index contributed by atoms with van der Waals surface area (Å²) in [7, 11) is 0. The van der Waals surface area contributed by atoms with Gasteiger partial charge < -0.3 is 9.88 Å². The number of aromatic nitrogens is 2. The van der Waals surface area contributed by atoms with Gasteiger partial charge in [0.05, 0.1) is 22.9 Å². The summed E-state index contributed by atoms with van der Waals surface area (Å²) >= 11 is 7.43. The van der Waals surface area contributed by atoms with Gasteiger partial charge in [0.1, 0.15) is 5.54 Å². The van der Waals surface area contributed by atoms with Crippen molar-refractivity contribution in [1.82, 2.24) is 14.9 Å². The van der Waals surface area contributed by atoms with E-state index >= 15 is 0 Å². The monoisotopic (exact) mass is 378 g/mol. The smallest absolute Gasteiger partial charge is 0.231 e. The Bertz CT molecular complexity index is 811. The van der Waals surface area contributed by atoms with E-state index < -0.39 is 5.54 Å². The maximum Gasteiger partial charge on any atom is 0.231 e. The van der Waals surface area contributed by atoms with Crippen LogP contribution in [-0.4, -0.2) is 26.8 Å². The van der Waals surface area contributed by atoms with E-state index in [1.54, 1.807) is 6.92 Å². The van der Waals surface area contributed by atoms with Crippen LogP contribution < -0.4 is 5.32 Å². The molecule has 1 atom stereocenters. The Kier molecular flexibility index (Phi) is 6.36. The summed E-state index contributed by atoms with van der Waals surface area (Å²) in [6.45, 7) is 8.50. The van der Waals surface area contributed by atoms with Gasteiger partial charge in [-0.25, -0.2) is 4.98 Å². The maximum absolute atomic E-state index is 12.3. The molecular weight excluding hydrogens is 356 g/mol. The van der Waals surface area contributed by atoms with E-state index in [1.807, 2.05) is 32.0 Å². The molecule has 134 valence electrons. The molecule has 0 saturated heterocycles. The molecule has 2 rings (SSSR count). The SMILES string of the molecule is CCCn1c(SCC(=O)NC(C)(C#N)C(C)C)nc2cc(Cl)ccc21. The highest BCUT2D eigenvalue weighted by Gasteiger charge is 2.30. The van der Waals surface area contributed by atoms with E-state index in [0.717, 1.165) is 29.2 Å². The summed E-state index contributed by atoms with van der Waals surface area (Å²) in [5, 5.41) is 13.6. The topological polar surface area (TPSA) is 70.7 Å². The molecule has 0 aliphatic rings. The summed E-state index contributed by atoms with van der Waals surface area (Å²) in [4.78, 5) is 16.9. The zero-order valence-electron chi connectivity index (χ0n) is 15.0. The van der Waals surface area contributed by atoms with E-state index in [-0.39, 0.29) is 17.6 Å². The number of fused-ring (bicyclic) bond motifs is 1. The highest BCUT2D eigenvalue weighted by Crippen LogP contribution is 2.27. The Morgan fingerprint density at radius 3 is 2.84 bits per heavy atom. The summed E-state index contributed by atoms with van der Waals surface area (Å²) in [5.41, 5.74) is 0.973. The number of aryl methyl sites for hydroxylation is 1. The number of hydrogen-bond acceptors (Lipinski definition) is 4. The summed E-state index contributed by atoms with van der Waals surface area (Å²) in [6.07, 6.45) is 0.966. The van der Waals surface area contributed by atoms with Crippen molar-refractivity contribution in [2.75, 3.05) is 5.75 Å². The summed E-state index contributed by atoms with van der Waals surface area (Å²) in [6, 6.07) is 7.82. The lowest BCUT2D eigenvalue weighted by atomic mass is 9.90. The third-order valence-electron chi connectivity index (χ3n) is 4.24. The van der Waals surface area contributed by atoms with Crippen LogP contribution in [0.2, 0.25) is 5.02 Å². The Hall–Kier alpha value is -1.71.